The molecule has 0 spiro atoms. The number of nitrogens with one attached hydrogen (secondary N) is 1. The number of rotatable bonds is 4. The maximum atomic E-state index is 12.5. The van der Waals surface area contributed by atoms with Crippen LogP contribution in [0.5, 0.6) is 0 Å². The van der Waals surface area contributed by atoms with E-state index in [0.717, 1.165) is 41.0 Å². The lowest BCUT2D eigenvalue weighted by molar-refractivity contribution is 0.102. The predicted molar refractivity (Wildman–Crippen MR) is 112 cm³/mol. The van der Waals surface area contributed by atoms with E-state index in [1.807, 2.05) is 12.1 Å². The van der Waals surface area contributed by atoms with Crippen LogP contribution < -0.4 is 5.32 Å². The molecule has 1 aliphatic rings. The molecule has 1 N–H and O–H groups in total. The molecule has 1 amide bonds. The predicted octanol–water partition coefficient (Wildman–Crippen LogP) is 3.93. The lowest BCUT2D eigenvalue weighted by Gasteiger charge is -2.27. The van der Waals surface area contributed by atoms with Crippen LogP contribution >= 0.6 is 27.3 Å². The van der Waals surface area contributed by atoms with E-state index in [1.54, 1.807) is 17.9 Å². The van der Waals surface area contributed by atoms with Crippen molar-refractivity contribution in [3.63, 3.8) is 0 Å². The van der Waals surface area contributed by atoms with E-state index in [0.29, 0.717) is 16.1 Å². The number of aromatic nitrogens is 2. The summed E-state index contributed by atoms with van der Waals surface area (Å²) in [6, 6.07) is 10.5. The largest absolute Gasteiger partial charge is 0.312 e. The Labute approximate surface area is 175 Å². The number of hydrogen-bond acceptors (Lipinski definition) is 5. The van der Waals surface area contributed by atoms with Gasteiger partial charge in [-0.05, 0) is 23.6 Å². The first-order valence-electron chi connectivity index (χ1n) is 8.85. The average Bonchev–Trinajstić information content (AvgIpc) is 3.26. The van der Waals surface area contributed by atoms with Crippen LogP contribution in [0.2, 0.25) is 0 Å². The number of carbonyl (C=O) groups excluding carboxylic acids is 1. The smallest absolute Gasteiger partial charge is 0.259 e. The van der Waals surface area contributed by atoms with Gasteiger partial charge in [0.25, 0.3) is 5.91 Å². The maximum absolute atomic E-state index is 12.5. The van der Waals surface area contributed by atoms with Crippen LogP contribution in [0.1, 0.15) is 31.9 Å². The van der Waals surface area contributed by atoms with Crippen molar-refractivity contribution in [3.05, 3.63) is 68.3 Å². The van der Waals surface area contributed by atoms with E-state index >= 15 is 0 Å². The van der Waals surface area contributed by atoms with Crippen molar-refractivity contribution >= 4 is 38.2 Å². The van der Waals surface area contributed by atoms with Gasteiger partial charge in [0.05, 0.1) is 17.3 Å². The van der Waals surface area contributed by atoms with Gasteiger partial charge in [-0.25, -0.2) is 0 Å². The van der Waals surface area contributed by atoms with Gasteiger partial charge in [0, 0.05) is 42.2 Å². The molecule has 3 heterocycles. The Morgan fingerprint density at radius 3 is 2.96 bits per heavy atom. The van der Waals surface area contributed by atoms with Crippen LogP contribution in [-0.4, -0.2) is 27.1 Å². The quantitative estimate of drug-likeness (QED) is 0.646. The van der Waals surface area contributed by atoms with E-state index < -0.39 is 0 Å². The molecule has 0 aliphatic carbocycles. The first-order valence-corrected chi connectivity index (χ1v) is 10.5. The van der Waals surface area contributed by atoms with Crippen LogP contribution in [0.15, 0.2) is 41.1 Å². The number of nitrogens with zero attached hydrogens (tertiary/aromatic N) is 4. The summed E-state index contributed by atoms with van der Waals surface area (Å²) in [5, 5.41) is 17.2. The molecule has 2 aromatic heterocycles. The molecule has 0 saturated carbocycles. The fourth-order valence-electron chi connectivity index (χ4n) is 3.38. The molecule has 0 radical (unpaired) electrons. The minimum absolute atomic E-state index is 0.242. The van der Waals surface area contributed by atoms with E-state index in [9.17, 15) is 10.1 Å². The third-order valence-corrected chi connectivity index (χ3v) is 6.70. The molecule has 28 heavy (non-hydrogen) atoms. The minimum Gasteiger partial charge on any atom is -0.312 e. The zero-order valence-corrected chi connectivity index (χ0v) is 17.7. The number of thiophene rings is 1. The highest BCUT2D eigenvalue weighted by Gasteiger charge is 2.26. The standard InChI is InChI=1S/C20H18BrN5OS/c1-25-10-14(9-23-25)19(27)24-20-16(8-22)15-6-7-26(12-18(15)28-20)11-13-4-2-3-5-17(13)21/h2-5,9-10H,6-7,11-12H2,1H3,(H,24,27). The van der Waals surface area contributed by atoms with Gasteiger partial charge in [0.15, 0.2) is 0 Å². The molecule has 0 saturated heterocycles. The SMILES string of the molecule is Cn1cc(C(=O)Nc2sc3c(c2C#N)CCN(Cc2ccccc2Br)C3)cn1. The highest BCUT2D eigenvalue weighted by molar-refractivity contribution is 9.10. The van der Waals surface area contributed by atoms with Gasteiger partial charge in [-0.2, -0.15) is 10.4 Å². The van der Waals surface area contributed by atoms with Crippen molar-refractivity contribution in [1.82, 2.24) is 14.7 Å². The number of amides is 1. The number of aryl methyl sites for hydroxylation is 1. The van der Waals surface area contributed by atoms with E-state index in [-0.39, 0.29) is 5.91 Å². The van der Waals surface area contributed by atoms with Gasteiger partial charge in [-0.15, -0.1) is 11.3 Å². The molecule has 1 aromatic carbocycles. The Morgan fingerprint density at radius 1 is 1.43 bits per heavy atom. The van der Waals surface area contributed by atoms with Crippen molar-refractivity contribution in [2.24, 2.45) is 7.05 Å². The number of nitriles is 1. The van der Waals surface area contributed by atoms with Gasteiger partial charge in [0.1, 0.15) is 11.1 Å². The highest BCUT2D eigenvalue weighted by Crippen LogP contribution is 2.37. The first-order chi connectivity index (χ1) is 13.5. The lowest BCUT2D eigenvalue weighted by Crippen LogP contribution is -2.29. The van der Waals surface area contributed by atoms with Crippen LogP contribution in [0.4, 0.5) is 5.00 Å². The molecular weight excluding hydrogens is 438 g/mol. The fourth-order valence-corrected chi connectivity index (χ4v) is 5.02. The number of fused-ring (bicyclic) bond motifs is 1. The minimum atomic E-state index is -0.242. The second kappa shape index (κ2) is 7.87. The number of halogens is 1. The molecule has 0 fully saturated rings. The maximum Gasteiger partial charge on any atom is 0.259 e. The normalized spacial score (nSPS) is 13.8. The molecule has 0 atom stereocenters. The third kappa shape index (κ3) is 3.74. The van der Waals surface area contributed by atoms with Crippen molar-refractivity contribution < 1.29 is 4.79 Å². The van der Waals surface area contributed by atoms with Crippen molar-refractivity contribution in [2.75, 3.05) is 11.9 Å². The summed E-state index contributed by atoms with van der Waals surface area (Å²) in [6.45, 7) is 2.51. The molecule has 1 aliphatic heterocycles. The van der Waals surface area contributed by atoms with Gasteiger partial charge in [-0.1, -0.05) is 34.1 Å². The Hall–Kier alpha value is -2.47. The van der Waals surface area contributed by atoms with Gasteiger partial charge < -0.3 is 5.32 Å². The molecule has 3 aromatic rings. The Morgan fingerprint density at radius 2 is 2.25 bits per heavy atom. The van der Waals surface area contributed by atoms with Crippen LogP contribution in [0.3, 0.4) is 0 Å². The summed E-state index contributed by atoms with van der Waals surface area (Å²) in [5.41, 5.74) is 3.39. The van der Waals surface area contributed by atoms with Crippen molar-refractivity contribution in [3.8, 4) is 6.07 Å². The van der Waals surface area contributed by atoms with Crippen LogP contribution in [0, 0.1) is 11.3 Å². The summed E-state index contributed by atoms with van der Waals surface area (Å²) >= 11 is 5.11. The molecule has 4 rings (SSSR count). The second-order valence-corrected chi connectivity index (χ2v) is 8.69. The lowest BCUT2D eigenvalue weighted by atomic mass is 10.0. The summed E-state index contributed by atoms with van der Waals surface area (Å²) in [5.74, 6) is -0.242. The van der Waals surface area contributed by atoms with Crippen LogP contribution in [0.25, 0.3) is 0 Å². The van der Waals surface area contributed by atoms with Crippen molar-refractivity contribution in [2.45, 2.75) is 19.5 Å². The zero-order valence-electron chi connectivity index (χ0n) is 15.3. The zero-order chi connectivity index (χ0) is 19.7. The Kier molecular flexibility index (Phi) is 5.31. The van der Waals surface area contributed by atoms with E-state index in [2.05, 4.69) is 49.4 Å². The molecule has 142 valence electrons. The highest BCUT2D eigenvalue weighted by atomic mass is 79.9. The van der Waals surface area contributed by atoms with E-state index in [4.69, 9.17) is 0 Å². The van der Waals surface area contributed by atoms with Gasteiger partial charge in [0.2, 0.25) is 0 Å². The summed E-state index contributed by atoms with van der Waals surface area (Å²) in [7, 11) is 1.76. The summed E-state index contributed by atoms with van der Waals surface area (Å²) in [4.78, 5) is 16.0. The molecule has 0 unspecified atom stereocenters. The Bertz CT molecular complexity index is 1080. The summed E-state index contributed by atoms with van der Waals surface area (Å²) < 4.78 is 2.69. The average molecular weight is 456 g/mol. The van der Waals surface area contributed by atoms with Crippen LogP contribution in [-0.2, 0) is 26.6 Å². The molecule has 0 bridgehead atoms. The number of carbonyl (C=O) groups is 1. The number of benzene rings is 1. The van der Waals surface area contributed by atoms with Gasteiger partial charge >= 0.3 is 0 Å². The van der Waals surface area contributed by atoms with Gasteiger partial charge in [-0.3, -0.25) is 14.4 Å². The fraction of sp³-hybridized carbons (Fsp3) is 0.250. The van der Waals surface area contributed by atoms with E-state index in [1.165, 1.54) is 23.1 Å². The van der Waals surface area contributed by atoms with Crippen molar-refractivity contribution in [1.29, 1.82) is 5.26 Å². The number of hydrogen-bond donors (Lipinski definition) is 1. The monoisotopic (exact) mass is 455 g/mol. The molecule has 8 heteroatoms. The summed E-state index contributed by atoms with van der Waals surface area (Å²) in [6.07, 6.45) is 3.99. The Balaban J connectivity index is 1.53. The molecular formula is C20H18BrN5OS. The number of anilines is 1. The third-order valence-electron chi connectivity index (χ3n) is 4.79. The second-order valence-electron chi connectivity index (χ2n) is 6.73. The molecule has 6 nitrogen and oxygen atoms in total. The first kappa shape index (κ1) is 18.9. The topological polar surface area (TPSA) is 74.0 Å².